The second-order valence-corrected chi connectivity index (χ2v) is 24.2. The van der Waals surface area contributed by atoms with Crippen LogP contribution in [-0.4, -0.2) is 47.4 Å². The molecule has 2 unspecified atom stereocenters. The van der Waals surface area contributed by atoms with Gasteiger partial charge < -0.3 is 20.3 Å². The molecule has 0 aromatic rings. The van der Waals surface area contributed by atoms with Gasteiger partial charge in [-0.2, -0.15) is 0 Å². The standard InChI is InChI=1S/C71H137NO5/c1-3-5-7-9-11-13-15-17-18-19-30-33-36-40-43-47-51-55-59-63-69(74)68(67-73)72-70(75)64-60-56-52-48-44-41-37-34-31-28-26-24-22-20-21-23-25-27-29-32-35-38-42-46-50-54-58-62-66-77-71(76)65-61-57-53-49-45-39-16-14-12-10-8-6-4-2/h20-21,59,63,68-69,73-74H,3-19,22-58,60-62,64-67H2,1-2H3,(H,72,75)/b21-20-,63-59+. The Balaban J connectivity index is 3.40. The third-order valence-corrected chi connectivity index (χ3v) is 16.5. The van der Waals surface area contributed by atoms with E-state index < -0.39 is 12.1 Å². The summed E-state index contributed by atoms with van der Waals surface area (Å²) in [7, 11) is 0. The zero-order chi connectivity index (χ0) is 55.7. The number of unbranched alkanes of at least 4 members (excludes halogenated alkanes) is 53. The minimum Gasteiger partial charge on any atom is -0.466 e. The van der Waals surface area contributed by atoms with Gasteiger partial charge in [0.1, 0.15) is 0 Å². The predicted molar refractivity (Wildman–Crippen MR) is 338 cm³/mol. The highest BCUT2D eigenvalue weighted by molar-refractivity contribution is 5.76. The highest BCUT2D eigenvalue weighted by atomic mass is 16.5. The Labute approximate surface area is 481 Å². The molecule has 0 heterocycles. The highest BCUT2D eigenvalue weighted by Gasteiger charge is 2.18. The number of allylic oxidation sites excluding steroid dienone is 3. The number of aliphatic hydroxyl groups excluding tert-OH is 2. The first-order valence-electron chi connectivity index (χ1n) is 35.1. The van der Waals surface area contributed by atoms with Gasteiger partial charge in [0.05, 0.1) is 25.4 Å². The number of carbonyl (C=O) groups excluding carboxylic acids is 2. The average Bonchev–Trinajstić information content (AvgIpc) is 3.43. The summed E-state index contributed by atoms with van der Waals surface area (Å²) in [6, 6.07) is -0.628. The van der Waals surface area contributed by atoms with E-state index in [9.17, 15) is 19.8 Å². The average molecular weight is 1080 g/mol. The van der Waals surface area contributed by atoms with E-state index in [1.54, 1.807) is 6.08 Å². The number of nitrogens with one attached hydrogen (secondary N) is 1. The molecule has 0 aliphatic carbocycles. The van der Waals surface area contributed by atoms with Crippen LogP contribution in [0.3, 0.4) is 0 Å². The Morgan fingerprint density at radius 3 is 0.922 bits per heavy atom. The van der Waals surface area contributed by atoms with Crippen molar-refractivity contribution < 1.29 is 24.5 Å². The number of hydrogen-bond donors (Lipinski definition) is 3. The molecule has 1 amide bonds. The van der Waals surface area contributed by atoms with Gasteiger partial charge >= 0.3 is 5.97 Å². The van der Waals surface area contributed by atoms with Crippen molar-refractivity contribution in [3.05, 3.63) is 24.3 Å². The van der Waals surface area contributed by atoms with E-state index in [1.165, 1.54) is 327 Å². The van der Waals surface area contributed by atoms with Gasteiger partial charge in [0, 0.05) is 12.8 Å². The summed E-state index contributed by atoms with van der Waals surface area (Å²) >= 11 is 0. The molecule has 0 bridgehead atoms. The van der Waals surface area contributed by atoms with Gasteiger partial charge in [0.2, 0.25) is 5.91 Å². The smallest absolute Gasteiger partial charge is 0.305 e. The zero-order valence-corrected chi connectivity index (χ0v) is 52.2. The van der Waals surface area contributed by atoms with Crippen molar-refractivity contribution in [2.45, 2.75) is 405 Å². The van der Waals surface area contributed by atoms with E-state index in [0.717, 1.165) is 38.5 Å². The van der Waals surface area contributed by atoms with E-state index in [1.807, 2.05) is 6.08 Å². The number of hydrogen-bond acceptors (Lipinski definition) is 5. The molecule has 0 aromatic carbocycles. The van der Waals surface area contributed by atoms with Gasteiger partial charge in [-0.1, -0.05) is 346 Å². The normalized spacial score (nSPS) is 12.6. The monoisotopic (exact) mass is 1080 g/mol. The molecule has 0 aromatic heterocycles. The summed E-state index contributed by atoms with van der Waals surface area (Å²) in [6.07, 6.45) is 84.0. The molecule has 0 fully saturated rings. The minimum absolute atomic E-state index is 0.0177. The Morgan fingerprint density at radius 2 is 0.610 bits per heavy atom. The van der Waals surface area contributed by atoms with E-state index in [4.69, 9.17) is 4.74 Å². The van der Waals surface area contributed by atoms with Gasteiger partial charge in [-0.05, 0) is 57.8 Å². The lowest BCUT2D eigenvalue weighted by Gasteiger charge is -2.20. The number of aliphatic hydroxyl groups is 2. The third-order valence-electron chi connectivity index (χ3n) is 16.5. The molecule has 0 saturated heterocycles. The molecule has 3 N–H and O–H groups in total. The van der Waals surface area contributed by atoms with E-state index in [-0.39, 0.29) is 18.5 Å². The molecule has 2 atom stereocenters. The first-order valence-corrected chi connectivity index (χ1v) is 35.1. The van der Waals surface area contributed by atoms with Crippen LogP contribution in [0, 0.1) is 0 Å². The van der Waals surface area contributed by atoms with Crippen LogP contribution in [0.4, 0.5) is 0 Å². The van der Waals surface area contributed by atoms with Crippen molar-refractivity contribution >= 4 is 11.9 Å². The quantitative estimate of drug-likeness (QED) is 0.0320. The van der Waals surface area contributed by atoms with Crippen LogP contribution in [0.2, 0.25) is 0 Å². The fourth-order valence-corrected chi connectivity index (χ4v) is 11.1. The van der Waals surface area contributed by atoms with Crippen LogP contribution < -0.4 is 5.32 Å². The maximum atomic E-state index is 12.5. The fraction of sp³-hybridized carbons (Fsp3) is 0.915. The van der Waals surface area contributed by atoms with Crippen molar-refractivity contribution in [1.29, 1.82) is 0 Å². The molecule has 77 heavy (non-hydrogen) atoms. The third kappa shape index (κ3) is 63.4. The van der Waals surface area contributed by atoms with Crippen molar-refractivity contribution in [3.63, 3.8) is 0 Å². The molecular formula is C71H137NO5. The first-order chi connectivity index (χ1) is 38.0. The van der Waals surface area contributed by atoms with Gasteiger partial charge in [0.15, 0.2) is 0 Å². The van der Waals surface area contributed by atoms with Crippen molar-refractivity contribution in [3.8, 4) is 0 Å². The second-order valence-electron chi connectivity index (χ2n) is 24.2. The summed E-state index contributed by atoms with van der Waals surface area (Å²) in [5, 5.41) is 23.2. The summed E-state index contributed by atoms with van der Waals surface area (Å²) in [5.74, 6) is -0.0466. The van der Waals surface area contributed by atoms with Gasteiger partial charge in [-0.15, -0.1) is 0 Å². The molecule has 0 saturated carbocycles. The van der Waals surface area contributed by atoms with E-state index in [2.05, 4.69) is 31.3 Å². The van der Waals surface area contributed by atoms with E-state index in [0.29, 0.717) is 19.4 Å². The maximum absolute atomic E-state index is 12.5. The molecular weight excluding hydrogens is 947 g/mol. The Kier molecular flexibility index (Phi) is 65.4. The molecule has 0 radical (unpaired) electrons. The van der Waals surface area contributed by atoms with Crippen molar-refractivity contribution in [1.82, 2.24) is 5.32 Å². The van der Waals surface area contributed by atoms with Gasteiger partial charge in [-0.25, -0.2) is 0 Å². The molecule has 0 rings (SSSR count). The lowest BCUT2D eigenvalue weighted by molar-refractivity contribution is -0.143. The van der Waals surface area contributed by atoms with E-state index >= 15 is 0 Å². The molecule has 6 heteroatoms. The van der Waals surface area contributed by atoms with Crippen LogP contribution in [0.5, 0.6) is 0 Å². The number of carbonyl (C=O) groups is 2. The summed E-state index contributed by atoms with van der Waals surface area (Å²) in [5.41, 5.74) is 0. The topological polar surface area (TPSA) is 95.9 Å². The zero-order valence-electron chi connectivity index (χ0n) is 52.2. The van der Waals surface area contributed by atoms with Crippen LogP contribution >= 0.6 is 0 Å². The Morgan fingerprint density at radius 1 is 0.351 bits per heavy atom. The number of esters is 1. The molecule has 6 nitrogen and oxygen atoms in total. The molecule has 456 valence electrons. The summed E-state index contributed by atoms with van der Waals surface area (Å²) < 4.78 is 5.49. The number of rotatable bonds is 66. The lowest BCUT2D eigenvalue weighted by Crippen LogP contribution is -2.45. The van der Waals surface area contributed by atoms with Crippen LogP contribution in [0.15, 0.2) is 24.3 Å². The van der Waals surface area contributed by atoms with Gasteiger partial charge in [-0.3, -0.25) is 9.59 Å². The number of amides is 1. The number of ether oxygens (including phenoxy) is 1. The van der Waals surface area contributed by atoms with Crippen molar-refractivity contribution in [2.24, 2.45) is 0 Å². The summed E-state index contributed by atoms with van der Waals surface area (Å²) in [6.45, 7) is 4.94. The van der Waals surface area contributed by atoms with Crippen LogP contribution in [-0.2, 0) is 14.3 Å². The van der Waals surface area contributed by atoms with Crippen LogP contribution in [0.25, 0.3) is 0 Å². The highest BCUT2D eigenvalue weighted by Crippen LogP contribution is 2.18. The predicted octanol–water partition coefficient (Wildman–Crippen LogP) is 22.5. The summed E-state index contributed by atoms with van der Waals surface area (Å²) in [4.78, 5) is 24.6. The largest absolute Gasteiger partial charge is 0.466 e. The lowest BCUT2D eigenvalue weighted by atomic mass is 10.0. The molecule has 0 spiro atoms. The second kappa shape index (κ2) is 66.8. The molecule has 0 aliphatic rings. The SMILES string of the molecule is CCCCCCCCCCCCCCCCCCC/C=C/C(O)C(CO)NC(=O)CCCCCCCCCCCCCC/C=C\CCCCCCCCCCCCCCOC(=O)CCCCCCCCCCCCCCC. The minimum atomic E-state index is -0.845. The maximum Gasteiger partial charge on any atom is 0.305 e. The first kappa shape index (κ1) is 75.3. The van der Waals surface area contributed by atoms with Crippen LogP contribution in [0.1, 0.15) is 393 Å². The van der Waals surface area contributed by atoms with Gasteiger partial charge in [0.25, 0.3) is 0 Å². The Bertz CT molecular complexity index is 1200. The Hall–Kier alpha value is -1.66. The fourth-order valence-electron chi connectivity index (χ4n) is 11.1. The van der Waals surface area contributed by atoms with Crippen molar-refractivity contribution in [2.75, 3.05) is 13.2 Å². The molecule has 0 aliphatic heterocycles.